The molecule has 2 heterocycles. The van der Waals surface area contributed by atoms with Crippen LogP contribution in [0.2, 0.25) is 5.02 Å². The van der Waals surface area contributed by atoms with Crippen LogP contribution in [0.15, 0.2) is 24.5 Å². The van der Waals surface area contributed by atoms with Gasteiger partial charge >= 0.3 is 0 Å². The number of hydrogen-bond acceptors (Lipinski definition) is 4. The van der Waals surface area contributed by atoms with E-state index in [1.807, 2.05) is 18.2 Å². The van der Waals surface area contributed by atoms with Crippen LogP contribution >= 0.6 is 11.6 Å². The van der Waals surface area contributed by atoms with E-state index in [0.29, 0.717) is 11.1 Å². The molecule has 1 fully saturated rings. The number of nitrogens with zero attached hydrogens (tertiary/aromatic N) is 2. The molecule has 5 heteroatoms. The third-order valence-corrected chi connectivity index (χ3v) is 3.51. The maximum absolute atomic E-state index is 6.04. The molecule has 2 N–H and O–H groups in total. The molecule has 4 nitrogen and oxygen atoms in total. The molecular weight excluding hydrogens is 248 g/mol. The van der Waals surface area contributed by atoms with Gasteiger partial charge in [-0.15, -0.1) is 0 Å². The summed E-state index contributed by atoms with van der Waals surface area (Å²) < 4.78 is 0. The number of hydrogen-bond donors (Lipinski definition) is 2. The van der Waals surface area contributed by atoms with Crippen LogP contribution < -0.4 is 10.6 Å². The Bertz CT molecular complexity index is 552. The van der Waals surface area contributed by atoms with Crippen LogP contribution in [0.1, 0.15) is 12.8 Å². The van der Waals surface area contributed by atoms with Crippen LogP contribution in [-0.2, 0) is 0 Å². The molecule has 0 saturated carbocycles. The number of nitrogens with one attached hydrogen (secondary N) is 2. The van der Waals surface area contributed by atoms with Gasteiger partial charge in [0.15, 0.2) is 0 Å². The Morgan fingerprint density at radius 3 is 2.89 bits per heavy atom. The summed E-state index contributed by atoms with van der Waals surface area (Å²) in [6.07, 6.45) is 3.83. The van der Waals surface area contributed by atoms with E-state index in [9.17, 15) is 0 Å². The van der Waals surface area contributed by atoms with Gasteiger partial charge in [0.05, 0.1) is 5.52 Å². The van der Waals surface area contributed by atoms with Crippen molar-refractivity contribution in [2.45, 2.75) is 18.9 Å². The summed E-state index contributed by atoms with van der Waals surface area (Å²) in [4.78, 5) is 8.59. The van der Waals surface area contributed by atoms with Crippen molar-refractivity contribution in [3.63, 3.8) is 0 Å². The highest BCUT2D eigenvalue weighted by Gasteiger charge is 2.14. The maximum atomic E-state index is 6.04. The van der Waals surface area contributed by atoms with Gasteiger partial charge in [-0.2, -0.15) is 0 Å². The van der Waals surface area contributed by atoms with Gasteiger partial charge in [0, 0.05) is 16.5 Å². The highest BCUT2D eigenvalue weighted by molar-refractivity contribution is 6.31. The summed E-state index contributed by atoms with van der Waals surface area (Å²) in [6, 6.07) is 6.17. The number of halogens is 1. The Morgan fingerprint density at radius 2 is 2.06 bits per heavy atom. The highest BCUT2D eigenvalue weighted by Crippen LogP contribution is 2.24. The second-order valence-corrected chi connectivity index (χ2v) is 4.99. The van der Waals surface area contributed by atoms with E-state index >= 15 is 0 Å². The lowest BCUT2D eigenvalue weighted by molar-refractivity contribution is 0.478. The first-order chi connectivity index (χ1) is 8.83. The van der Waals surface area contributed by atoms with E-state index in [4.69, 9.17) is 11.6 Å². The van der Waals surface area contributed by atoms with Gasteiger partial charge in [-0.1, -0.05) is 11.6 Å². The first-order valence-corrected chi connectivity index (χ1v) is 6.58. The zero-order valence-corrected chi connectivity index (χ0v) is 10.7. The predicted molar refractivity (Wildman–Crippen MR) is 74.1 cm³/mol. The molecule has 0 aliphatic carbocycles. The normalized spacial score (nSPS) is 16.9. The SMILES string of the molecule is Clc1ccc2ncnc(NC3CCNCC3)c2c1. The van der Waals surface area contributed by atoms with Crippen molar-refractivity contribution in [1.29, 1.82) is 0 Å². The maximum Gasteiger partial charge on any atom is 0.137 e. The molecule has 0 amide bonds. The molecule has 18 heavy (non-hydrogen) atoms. The summed E-state index contributed by atoms with van der Waals surface area (Å²) in [7, 11) is 0. The minimum absolute atomic E-state index is 0.475. The topological polar surface area (TPSA) is 49.8 Å². The lowest BCUT2D eigenvalue weighted by atomic mass is 10.1. The van der Waals surface area contributed by atoms with E-state index in [1.165, 1.54) is 0 Å². The second kappa shape index (κ2) is 5.08. The first kappa shape index (κ1) is 11.7. The number of anilines is 1. The standard InChI is InChI=1S/C13H15ClN4/c14-9-1-2-12-11(7-9)13(17-8-16-12)18-10-3-5-15-6-4-10/h1-2,7-8,10,15H,3-6H2,(H,16,17,18). The van der Waals surface area contributed by atoms with Crippen LogP contribution in [-0.4, -0.2) is 29.1 Å². The molecule has 1 saturated heterocycles. The van der Waals surface area contributed by atoms with E-state index in [-0.39, 0.29) is 0 Å². The summed E-state index contributed by atoms with van der Waals surface area (Å²) in [6.45, 7) is 2.11. The molecule has 1 aliphatic rings. The Hall–Kier alpha value is -1.39. The van der Waals surface area contributed by atoms with Crippen molar-refractivity contribution >= 4 is 28.3 Å². The average molecular weight is 263 g/mol. The van der Waals surface area contributed by atoms with Crippen LogP contribution in [0.4, 0.5) is 5.82 Å². The van der Waals surface area contributed by atoms with Crippen molar-refractivity contribution in [3.05, 3.63) is 29.5 Å². The molecule has 1 aromatic heterocycles. The largest absolute Gasteiger partial charge is 0.367 e. The Morgan fingerprint density at radius 1 is 1.22 bits per heavy atom. The van der Waals surface area contributed by atoms with Gasteiger partial charge in [-0.25, -0.2) is 9.97 Å². The van der Waals surface area contributed by atoms with E-state index in [0.717, 1.165) is 42.7 Å². The van der Waals surface area contributed by atoms with Crippen LogP contribution in [0.25, 0.3) is 10.9 Å². The van der Waals surface area contributed by atoms with Crippen molar-refractivity contribution < 1.29 is 0 Å². The lowest BCUT2D eigenvalue weighted by Gasteiger charge is -2.24. The second-order valence-electron chi connectivity index (χ2n) is 4.55. The van der Waals surface area contributed by atoms with Gasteiger partial charge in [-0.05, 0) is 44.1 Å². The molecule has 0 atom stereocenters. The minimum atomic E-state index is 0.475. The van der Waals surface area contributed by atoms with Crippen LogP contribution in [0.5, 0.6) is 0 Å². The molecule has 3 rings (SSSR count). The third-order valence-electron chi connectivity index (χ3n) is 3.28. The van der Waals surface area contributed by atoms with Crippen LogP contribution in [0, 0.1) is 0 Å². The van der Waals surface area contributed by atoms with E-state index in [1.54, 1.807) is 6.33 Å². The summed E-state index contributed by atoms with van der Waals surface area (Å²) in [5.41, 5.74) is 0.922. The van der Waals surface area contributed by atoms with Crippen molar-refractivity contribution in [2.75, 3.05) is 18.4 Å². The monoisotopic (exact) mass is 262 g/mol. The molecule has 0 bridgehead atoms. The number of piperidine rings is 1. The zero-order valence-electron chi connectivity index (χ0n) is 9.99. The highest BCUT2D eigenvalue weighted by atomic mass is 35.5. The van der Waals surface area contributed by atoms with Gasteiger partial charge in [0.1, 0.15) is 12.1 Å². The summed E-state index contributed by atoms with van der Waals surface area (Å²) in [5, 5.41) is 8.56. The molecule has 1 aromatic carbocycles. The molecule has 0 unspecified atom stereocenters. The fourth-order valence-electron chi connectivity index (χ4n) is 2.30. The molecule has 2 aromatic rings. The number of aromatic nitrogens is 2. The number of benzene rings is 1. The van der Waals surface area contributed by atoms with Crippen molar-refractivity contribution in [3.8, 4) is 0 Å². The molecule has 0 spiro atoms. The molecular formula is C13H15ClN4. The number of rotatable bonds is 2. The smallest absolute Gasteiger partial charge is 0.137 e. The van der Waals surface area contributed by atoms with Crippen LogP contribution in [0.3, 0.4) is 0 Å². The molecule has 0 radical (unpaired) electrons. The Labute approximate surface area is 111 Å². The Balaban J connectivity index is 1.92. The van der Waals surface area contributed by atoms with Crippen molar-refractivity contribution in [2.24, 2.45) is 0 Å². The van der Waals surface area contributed by atoms with Crippen molar-refractivity contribution in [1.82, 2.24) is 15.3 Å². The summed E-state index contributed by atoms with van der Waals surface area (Å²) >= 11 is 6.04. The van der Waals surface area contributed by atoms with Gasteiger partial charge in [0.25, 0.3) is 0 Å². The fourth-order valence-corrected chi connectivity index (χ4v) is 2.48. The average Bonchev–Trinajstić information content (AvgIpc) is 2.41. The Kier molecular flexibility index (Phi) is 3.30. The number of fused-ring (bicyclic) bond motifs is 1. The molecule has 1 aliphatic heterocycles. The predicted octanol–water partition coefficient (Wildman–Crippen LogP) is 2.45. The lowest BCUT2D eigenvalue weighted by Crippen LogP contribution is -2.35. The van der Waals surface area contributed by atoms with Gasteiger partial charge in [-0.3, -0.25) is 0 Å². The van der Waals surface area contributed by atoms with E-state index < -0.39 is 0 Å². The zero-order chi connectivity index (χ0) is 12.4. The molecule has 94 valence electrons. The fraction of sp³-hybridized carbons (Fsp3) is 0.385. The first-order valence-electron chi connectivity index (χ1n) is 6.20. The van der Waals surface area contributed by atoms with Gasteiger partial charge < -0.3 is 10.6 Å². The van der Waals surface area contributed by atoms with E-state index in [2.05, 4.69) is 20.6 Å². The van der Waals surface area contributed by atoms with Gasteiger partial charge in [0.2, 0.25) is 0 Å². The quantitative estimate of drug-likeness (QED) is 0.873. The third kappa shape index (κ3) is 2.40. The summed E-state index contributed by atoms with van der Waals surface area (Å²) in [5.74, 6) is 0.884. The minimum Gasteiger partial charge on any atom is -0.367 e.